The minimum absolute atomic E-state index is 0.796. The van der Waals surface area contributed by atoms with E-state index >= 15 is 0 Å². The van der Waals surface area contributed by atoms with Gasteiger partial charge in [-0.3, -0.25) is 0 Å². The minimum atomic E-state index is 0.796. The molecule has 0 aliphatic heterocycles. The summed E-state index contributed by atoms with van der Waals surface area (Å²) < 4.78 is 0. The molecule has 0 aliphatic carbocycles. The molecular weight excluding hydrogens is 284 g/mol. The van der Waals surface area contributed by atoms with Crippen LogP contribution < -0.4 is 20.4 Å². The monoisotopic (exact) mass is 312 g/mol. The summed E-state index contributed by atoms with van der Waals surface area (Å²) in [5, 5.41) is 6.83. The van der Waals surface area contributed by atoms with Crippen molar-refractivity contribution in [1.29, 1.82) is 0 Å². The number of benzene rings is 2. The van der Waals surface area contributed by atoms with Crippen LogP contribution in [0.3, 0.4) is 0 Å². The Kier molecular flexibility index (Phi) is 6.44. The van der Waals surface area contributed by atoms with Crippen molar-refractivity contribution in [3.63, 3.8) is 0 Å². The first-order chi connectivity index (χ1) is 11.1. The van der Waals surface area contributed by atoms with Gasteiger partial charge >= 0.3 is 0 Å². The van der Waals surface area contributed by atoms with E-state index in [1.165, 1.54) is 22.5 Å². The number of nitrogens with one attached hydrogen (secondary N) is 2. The molecule has 0 saturated carbocycles. The fourth-order valence-electron chi connectivity index (χ4n) is 2.33. The molecule has 124 valence electrons. The maximum absolute atomic E-state index is 3.42. The van der Waals surface area contributed by atoms with E-state index in [9.17, 15) is 0 Å². The van der Waals surface area contributed by atoms with E-state index in [2.05, 4.69) is 97.2 Å². The van der Waals surface area contributed by atoms with Crippen molar-refractivity contribution in [1.82, 2.24) is 10.6 Å². The molecule has 0 fully saturated rings. The van der Waals surface area contributed by atoms with Crippen molar-refractivity contribution in [2.45, 2.75) is 13.1 Å². The Bertz CT molecular complexity index is 520. The molecule has 2 aromatic rings. The predicted molar refractivity (Wildman–Crippen MR) is 100 cm³/mol. The van der Waals surface area contributed by atoms with Gasteiger partial charge < -0.3 is 20.4 Å². The Morgan fingerprint density at radius 2 is 0.957 bits per heavy atom. The fourth-order valence-corrected chi connectivity index (χ4v) is 2.33. The van der Waals surface area contributed by atoms with Gasteiger partial charge in [-0.05, 0) is 35.4 Å². The van der Waals surface area contributed by atoms with Crippen LogP contribution in [0.1, 0.15) is 11.1 Å². The molecule has 2 aromatic carbocycles. The third-order valence-electron chi connectivity index (χ3n) is 3.81. The zero-order valence-corrected chi connectivity index (χ0v) is 14.6. The van der Waals surface area contributed by atoms with Crippen LogP contribution in [0.4, 0.5) is 11.4 Å². The standard InChI is InChI=1S/C19H28N4/c1-22(2)18-9-5-16(6-10-18)13-20-15-21-14-17-7-11-19(12-8-17)23(3)4/h5-12,20-21H,13-15H2,1-4H3. The van der Waals surface area contributed by atoms with E-state index in [1.807, 2.05) is 0 Å². The van der Waals surface area contributed by atoms with Gasteiger partial charge in [0.2, 0.25) is 0 Å². The summed E-state index contributed by atoms with van der Waals surface area (Å²) in [5.74, 6) is 0. The Morgan fingerprint density at radius 3 is 1.26 bits per heavy atom. The fraction of sp³-hybridized carbons (Fsp3) is 0.368. The van der Waals surface area contributed by atoms with Crippen LogP contribution in [0.25, 0.3) is 0 Å². The van der Waals surface area contributed by atoms with E-state index in [-0.39, 0.29) is 0 Å². The van der Waals surface area contributed by atoms with Gasteiger partial charge in [0.05, 0.1) is 0 Å². The highest BCUT2D eigenvalue weighted by Crippen LogP contribution is 2.12. The highest BCUT2D eigenvalue weighted by atomic mass is 15.1. The van der Waals surface area contributed by atoms with E-state index < -0.39 is 0 Å². The molecule has 4 heteroatoms. The second kappa shape index (κ2) is 8.56. The van der Waals surface area contributed by atoms with Crippen molar-refractivity contribution >= 4 is 11.4 Å². The molecule has 0 bridgehead atoms. The van der Waals surface area contributed by atoms with Crippen LogP contribution in [-0.4, -0.2) is 34.9 Å². The first-order valence-electron chi connectivity index (χ1n) is 8.00. The third kappa shape index (κ3) is 5.58. The Labute approximate surface area is 140 Å². The van der Waals surface area contributed by atoms with Gasteiger partial charge in [0, 0.05) is 59.3 Å². The number of hydrogen-bond donors (Lipinski definition) is 2. The zero-order chi connectivity index (χ0) is 16.7. The average Bonchev–Trinajstić information content (AvgIpc) is 2.55. The number of rotatable bonds is 8. The van der Waals surface area contributed by atoms with Gasteiger partial charge in [0.1, 0.15) is 0 Å². The van der Waals surface area contributed by atoms with Gasteiger partial charge in [-0.25, -0.2) is 0 Å². The highest BCUT2D eigenvalue weighted by Gasteiger charge is 1.98. The van der Waals surface area contributed by atoms with Crippen molar-refractivity contribution in [3.05, 3.63) is 59.7 Å². The molecule has 2 rings (SSSR count). The van der Waals surface area contributed by atoms with Gasteiger partial charge in [-0.1, -0.05) is 24.3 Å². The van der Waals surface area contributed by atoms with Gasteiger partial charge in [-0.15, -0.1) is 0 Å². The maximum Gasteiger partial charge on any atom is 0.0459 e. The zero-order valence-electron chi connectivity index (χ0n) is 14.6. The molecule has 23 heavy (non-hydrogen) atoms. The summed E-state index contributed by atoms with van der Waals surface area (Å²) in [7, 11) is 8.23. The first kappa shape index (κ1) is 17.3. The van der Waals surface area contributed by atoms with Crippen LogP contribution in [0, 0.1) is 0 Å². The van der Waals surface area contributed by atoms with Crippen molar-refractivity contribution < 1.29 is 0 Å². The molecule has 0 saturated heterocycles. The Balaban J connectivity index is 1.67. The second-order valence-corrected chi connectivity index (χ2v) is 6.15. The number of nitrogens with zero attached hydrogens (tertiary/aromatic N) is 2. The topological polar surface area (TPSA) is 30.5 Å². The molecule has 0 aromatic heterocycles. The number of anilines is 2. The van der Waals surface area contributed by atoms with Gasteiger partial charge in [-0.2, -0.15) is 0 Å². The highest BCUT2D eigenvalue weighted by molar-refractivity contribution is 5.46. The molecular formula is C19H28N4. The minimum Gasteiger partial charge on any atom is -0.378 e. The summed E-state index contributed by atoms with van der Waals surface area (Å²) in [6.07, 6.45) is 0. The van der Waals surface area contributed by atoms with Crippen LogP contribution in [0.2, 0.25) is 0 Å². The predicted octanol–water partition coefficient (Wildman–Crippen LogP) is 2.66. The molecule has 0 spiro atoms. The SMILES string of the molecule is CN(C)c1ccc(CNCNCc2ccc(N(C)C)cc2)cc1. The quantitative estimate of drug-likeness (QED) is 0.579. The van der Waals surface area contributed by atoms with Crippen LogP contribution in [-0.2, 0) is 13.1 Å². The summed E-state index contributed by atoms with van der Waals surface area (Å²) >= 11 is 0. The molecule has 4 nitrogen and oxygen atoms in total. The second-order valence-electron chi connectivity index (χ2n) is 6.15. The molecule has 0 aliphatic rings. The van der Waals surface area contributed by atoms with Gasteiger partial charge in [0.25, 0.3) is 0 Å². The molecule has 0 atom stereocenters. The van der Waals surface area contributed by atoms with E-state index in [0.29, 0.717) is 0 Å². The molecule has 0 heterocycles. The summed E-state index contributed by atoms with van der Waals surface area (Å²) in [5.41, 5.74) is 5.06. The lowest BCUT2D eigenvalue weighted by atomic mass is 10.2. The normalized spacial score (nSPS) is 10.6. The first-order valence-corrected chi connectivity index (χ1v) is 8.00. The molecule has 2 N–H and O–H groups in total. The lowest BCUT2D eigenvalue weighted by molar-refractivity contribution is 0.582. The molecule has 0 amide bonds. The Morgan fingerprint density at radius 1 is 0.609 bits per heavy atom. The van der Waals surface area contributed by atoms with Crippen molar-refractivity contribution in [2.24, 2.45) is 0 Å². The summed E-state index contributed by atoms with van der Waals surface area (Å²) in [6.45, 7) is 2.55. The largest absolute Gasteiger partial charge is 0.378 e. The van der Waals surface area contributed by atoms with Crippen molar-refractivity contribution in [3.8, 4) is 0 Å². The summed E-state index contributed by atoms with van der Waals surface area (Å²) in [4.78, 5) is 4.22. The van der Waals surface area contributed by atoms with E-state index in [0.717, 1.165) is 19.8 Å². The maximum atomic E-state index is 3.42. The van der Waals surface area contributed by atoms with Gasteiger partial charge in [0.15, 0.2) is 0 Å². The van der Waals surface area contributed by atoms with E-state index in [1.54, 1.807) is 0 Å². The van der Waals surface area contributed by atoms with Crippen LogP contribution >= 0.6 is 0 Å². The van der Waals surface area contributed by atoms with Crippen LogP contribution in [0.15, 0.2) is 48.5 Å². The summed E-state index contributed by atoms with van der Waals surface area (Å²) in [6, 6.07) is 17.3. The number of hydrogen-bond acceptors (Lipinski definition) is 4. The third-order valence-corrected chi connectivity index (χ3v) is 3.81. The van der Waals surface area contributed by atoms with E-state index in [4.69, 9.17) is 0 Å². The molecule has 0 radical (unpaired) electrons. The smallest absolute Gasteiger partial charge is 0.0459 e. The lowest BCUT2D eigenvalue weighted by Gasteiger charge is -2.14. The van der Waals surface area contributed by atoms with Crippen LogP contribution in [0.5, 0.6) is 0 Å². The lowest BCUT2D eigenvalue weighted by Crippen LogP contribution is -2.28. The Hall–Kier alpha value is -2.04. The average molecular weight is 312 g/mol. The van der Waals surface area contributed by atoms with Crippen molar-refractivity contribution in [2.75, 3.05) is 44.7 Å². The molecule has 0 unspecified atom stereocenters.